The second kappa shape index (κ2) is 8.20. The number of benzene rings is 2. The summed E-state index contributed by atoms with van der Waals surface area (Å²) in [6.07, 6.45) is 2.71. The predicted octanol–water partition coefficient (Wildman–Crippen LogP) is 4.94. The molecule has 7 nitrogen and oxygen atoms in total. The summed E-state index contributed by atoms with van der Waals surface area (Å²) in [5.74, 6) is 0.485. The number of rotatable bonds is 6. The number of furan rings is 1. The number of carbonyl (C=O) groups is 1. The van der Waals surface area contributed by atoms with Crippen LogP contribution in [0.2, 0.25) is 0 Å². The van der Waals surface area contributed by atoms with Crippen LogP contribution >= 0.6 is 0 Å². The standard InChI is InChI=1S/C25H22FN3O4/c26-13-14-29-15-27-22-20(23(29)30)19(16-5-2-1-3-6-16)21(33-22)17-7-9-18(10-8-17)25(11-4-12-25)28-24(31)32/h1-3,5-10,15,28H,4,11-14H2,(H,31,32). The number of aryl methyl sites for hydroxylation is 1. The Morgan fingerprint density at radius 2 is 1.85 bits per heavy atom. The molecule has 0 unspecified atom stereocenters. The Bertz CT molecular complexity index is 1370. The van der Waals surface area contributed by atoms with E-state index in [-0.39, 0.29) is 17.8 Å². The number of amides is 1. The summed E-state index contributed by atoms with van der Waals surface area (Å²) in [6.45, 7) is -0.754. The molecule has 0 spiro atoms. The number of hydrogen-bond donors (Lipinski definition) is 2. The Hall–Kier alpha value is -3.94. The summed E-state index contributed by atoms with van der Waals surface area (Å²) in [5.41, 5.74) is 2.28. The number of hydrogen-bond acceptors (Lipinski definition) is 4. The van der Waals surface area contributed by atoms with Gasteiger partial charge in [-0.1, -0.05) is 54.6 Å². The van der Waals surface area contributed by atoms with E-state index in [9.17, 15) is 19.1 Å². The first-order valence-electron chi connectivity index (χ1n) is 10.8. The molecular formula is C25H22FN3O4. The highest BCUT2D eigenvalue weighted by Crippen LogP contribution is 2.43. The molecule has 2 aromatic carbocycles. The lowest BCUT2D eigenvalue weighted by atomic mass is 9.72. The average Bonchev–Trinajstić information content (AvgIpc) is 3.19. The zero-order valence-electron chi connectivity index (χ0n) is 17.8. The summed E-state index contributed by atoms with van der Waals surface area (Å²) >= 11 is 0. The van der Waals surface area contributed by atoms with Gasteiger partial charge in [0.25, 0.3) is 5.56 Å². The Morgan fingerprint density at radius 3 is 2.45 bits per heavy atom. The van der Waals surface area contributed by atoms with Crippen LogP contribution in [0.3, 0.4) is 0 Å². The van der Waals surface area contributed by atoms with Gasteiger partial charge in [-0.3, -0.25) is 9.36 Å². The van der Waals surface area contributed by atoms with Gasteiger partial charge in [0.2, 0.25) is 5.71 Å². The van der Waals surface area contributed by atoms with Gasteiger partial charge >= 0.3 is 6.09 Å². The van der Waals surface area contributed by atoms with Gasteiger partial charge in [0.1, 0.15) is 24.1 Å². The second-order valence-electron chi connectivity index (χ2n) is 8.23. The van der Waals surface area contributed by atoms with Crippen LogP contribution in [0, 0.1) is 0 Å². The minimum Gasteiger partial charge on any atom is -0.465 e. The van der Waals surface area contributed by atoms with Crippen LogP contribution in [-0.4, -0.2) is 27.4 Å². The fourth-order valence-electron chi connectivity index (χ4n) is 4.52. The molecule has 1 amide bonds. The maximum atomic E-state index is 13.1. The van der Waals surface area contributed by atoms with Crippen molar-refractivity contribution >= 4 is 17.2 Å². The van der Waals surface area contributed by atoms with Gasteiger partial charge in [-0.2, -0.15) is 0 Å². The van der Waals surface area contributed by atoms with Gasteiger partial charge in [0, 0.05) is 11.1 Å². The van der Waals surface area contributed by atoms with E-state index in [0.29, 0.717) is 16.7 Å². The van der Waals surface area contributed by atoms with E-state index in [1.165, 1.54) is 10.9 Å². The minimum absolute atomic E-state index is 0.0795. The molecule has 0 aliphatic heterocycles. The van der Waals surface area contributed by atoms with E-state index in [1.807, 2.05) is 54.6 Å². The van der Waals surface area contributed by atoms with Gasteiger partial charge in [-0.05, 0) is 30.4 Å². The molecular weight excluding hydrogens is 425 g/mol. The molecule has 0 saturated heterocycles. The third kappa shape index (κ3) is 3.57. The average molecular weight is 447 g/mol. The van der Waals surface area contributed by atoms with Crippen molar-refractivity contribution in [2.45, 2.75) is 31.3 Å². The Balaban J connectivity index is 1.66. The molecule has 5 rings (SSSR count). The van der Waals surface area contributed by atoms with Crippen LogP contribution in [0.25, 0.3) is 33.6 Å². The third-order valence-corrected chi connectivity index (χ3v) is 6.32. The van der Waals surface area contributed by atoms with Gasteiger partial charge < -0.3 is 14.8 Å². The van der Waals surface area contributed by atoms with E-state index >= 15 is 0 Å². The monoisotopic (exact) mass is 447 g/mol. The molecule has 0 bridgehead atoms. The highest BCUT2D eigenvalue weighted by atomic mass is 19.1. The van der Waals surface area contributed by atoms with Crippen molar-refractivity contribution in [3.63, 3.8) is 0 Å². The number of fused-ring (bicyclic) bond motifs is 1. The van der Waals surface area contributed by atoms with Crippen molar-refractivity contribution in [2.75, 3.05) is 6.67 Å². The number of nitrogens with one attached hydrogen (secondary N) is 1. The van der Waals surface area contributed by atoms with E-state index in [0.717, 1.165) is 36.0 Å². The lowest BCUT2D eigenvalue weighted by molar-refractivity contribution is 0.144. The van der Waals surface area contributed by atoms with Crippen LogP contribution in [0.15, 0.2) is 70.1 Å². The van der Waals surface area contributed by atoms with E-state index in [4.69, 9.17) is 4.42 Å². The molecule has 8 heteroatoms. The number of aromatic nitrogens is 2. The lowest BCUT2D eigenvalue weighted by Gasteiger charge is -2.42. The molecule has 33 heavy (non-hydrogen) atoms. The van der Waals surface area contributed by atoms with Crippen LogP contribution in [0.5, 0.6) is 0 Å². The number of alkyl halides is 1. The Labute approximate surface area is 188 Å². The van der Waals surface area contributed by atoms with Crippen molar-refractivity contribution in [2.24, 2.45) is 0 Å². The first-order valence-corrected chi connectivity index (χ1v) is 10.8. The molecule has 168 valence electrons. The topological polar surface area (TPSA) is 97.4 Å². The van der Waals surface area contributed by atoms with E-state index < -0.39 is 18.3 Å². The number of carboxylic acid groups (broad SMARTS) is 1. The summed E-state index contributed by atoms with van der Waals surface area (Å²) in [5, 5.41) is 12.2. The van der Waals surface area contributed by atoms with Crippen molar-refractivity contribution < 1.29 is 18.7 Å². The largest absolute Gasteiger partial charge is 0.465 e. The smallest absolute Gasteiger partial charge is 0.405 e. The maximum Gasteiger partial charge on any atom is 0.405 e. The first kappa shape index (κ1) is 20.9. The van der Waals surface area contributed by atoms with Crippen molar-refractivity contribution in [3.8, 4) is 22.5 Å². The number of halogens is 1. The minimum atomic E-state index is -1.04. The zero-order valence-corrected chi connectivity index (χ0v) is 17.8. The van der Waals surface area contributed by atoms with E-state index in [2.05, 4.69) is 10.3 Å². The highest BCUT2D eigenvalue weighted by Gasteiger charge is 2.40. The number of nitrogens with zero attached hydrogens (tertiary/aromatic N) is 2. The zero-order chi connectivity index (χ0) is 23.0. The molecule has 0 radical (unpaired) electrons. The van der Waals surface area contributed by atoms with Crippen LogP contribution in [-0.2, 0) is 12.1 Å². The molecule has 1 aliphatic rings. The molecule has 4 aromatic rings. The van der Waals surface area contributed by atoms with Gasteiger partial charge in [-0.15, -0.1) is 0 Å². The van der Waals surface area contributed by atoms with Crippen LogP contribution < -0.4 is 10.9 Å². The molecule has 0 atom stereocenters. The molecule has 2 N–H and O–H groups in total. The fourth-order valence-corrected chi connectivity index (χ4v) is 4.52. The molecule has 2 heterocycles. The maximum absolute atomic E-state index is 13.1. The van der Waals surface area contributed by atoms with Gasteiger partial charge in [0.15, 0.2) is 0 Å². The van der Waals surface area contributed by atoms with E-state index in [1.54, 1.807) is 0 Å². The second-order valence-corrected chi connectivity index (χ2v) is 8.23. The quantitative estimate of drug-likeness (QED) is 0.436. The normalized spacial score (nSPS) is 14.7. The fraction of sp³-hybridized carbons (Fsp3) is 0.240. The van der Waals surface area contributed by atoms with Gasteiger partial charge in [-0.25, -0.2) is 14.2 Å². The first-order chi connectivity index (χ1) is 16.0. The summed E-state index contributed by atoms with van der Waals surface area (Å²) < 4.78 is 20.2. The van der Waals surface area contributed by atoms with Gasteiger partial charge in [0.05, 0.1) is 12.1 Å². The van der Waals surface area contributed by atoms with Crippen LogP contribution in [0.4, 0.5) is 9.18 Å². The lowest BCUT2D eigenvalue weighted by Crippen LogP contribution is -2.50. The summed E-state index contributed by atoms with van der Waals surface area (Å²) in [6, 6.07) is 16.9. The Kier molecular flexibility index (Phi) is 5.20. The highest BCUT2D eigenvalue weighted by molar-refractivity contribution is 5.99. The summed E-state index contributed by atoms with van der Waals surface area (Å²) in [4.78, 5) is 28.7. The van der Waals surface area contributed by atoms with Crippen molar-refractivity contribution in [3.05, 3.63) is 76.8 Å². The van der Waals surface area contributed by atoms with Crippen LogP contribution in [0.1, 0.15) is 24.8 Å². The molecule has 1 saturated carbocycles. The summed E-state index contributed by atoms with van der Waals surface area (Å²) in [7, 11) is 0. The predicted molar refractivity (Wildman–Crippen MR) is 122 cm³/mol. The molecule has 1 aliphatic carbocycles. The third-order valence-electron chi connectivity index (χ3n) is 6.32. The van der Waals surface area contributed by atoms with Crippen molar-refractivity contribution in [1.82, 2.24) is 14.9 Å². The SMILES string of the molecule is O=C(O)NC1(c2ccc(-c3oc4ncn(CCF)c(=O)c4c3-c3ccccc3)cc2)CCC1. The van der Waals surface area contributed by atoms with Crippen molar-refractivity contribution in [1.29, 1.82) is 0 Å². The molecule has 2 aromatic heterocycles. The molecule has 1 fully saturated rings. The Morgan fingerprint density at radius 1 is 1.12 bits per heavy atom.